The van der Waals surface area contributed by atoms with Crippen LogP contribution in [0.4, 0.5) is 0 Å². The second-order valence-electron chi connectivity index (χ2n) is 34.7. The van der Waals surface area contributed by atoms with Gasteiger partial charge in [0, 0.05) is 56.5 Å². The van der Waals surface area contributed by atoms with Crippen molar-refractivity contribution >= 4 is 46.3 Å². The number of methoxy groups -OCH3 is 1. The molecule has 4 N–H and O–H groups in total. The summed E-state index contributed by atoms with van der Waals surface area (Å²) in [4.78, 5) is 52.1. The van der Waals surface area contributed by atoms with E-state index in [0.717, 1.165) is 46.2 Å². The molecule has 1 aromatic heterocycles. The Balaban J connectivity index is 0.000000249. The zero-order chi connectivity index (χ0) is 77.6. The van der Waals surface area contributed by atoms with Crippen molar-refractivity contribution in [3.8, 4) is 34.4 Å². The first kappa shape index (κ1) is 85.9. The zero-order valence-electron chi connectivity index (χ0n) is 66.4. The quantitative estimate of drug-likeness (QED) is 0.0256. The fourth-order valence-electron chi connectivity index (χ4n) is 12.6. The average Bonchev–Trinajstić information content (AvgIpc) is 1.72. The number of likely N-dealkylation sites (tertiary alicyclic amines) is 1. The molecule has 0 amide bonds. The van der Waals surface area contributed by atoms with E-state index in [0.29, 0.717) is 70.4 Å². The van der Waals surface area contributed by atoms with Crippen LogP contribution in [0.1, 0.15) is 283 Å². The Bertz CT molecular complexity index is 3940. The second kappa shape index (κ2) is 35.3. The summed E-state index contributed by atoms with van der Waals surface area (Å²) < 4.78 is 21.3. The van der Waals surface area contributed by atoms with Crippen molar-refractivity contribution in [1.29, 1.82) is 0 Å². The number of phenols is 3. The summed E-state index contributed by atoms with van der Waals surface area (Å²) >= 11 is 6.05. The van der Waals surface area contributed by atoms with Gasteiger partial charge < -0.3 is 39.4 Å². The number of benzene rings is 6. The molecule has 1 fully saturated rings. The van der Waals surface area contributed by atoms with Gasteiger partial charge in [-0.2, -0.15) is 0 Å². The molecule has 6 aromatic carbocycles. The van der Waals surface area contributed by atoms with Crippen LogP contribution in [0.2, 0.25) is 5.02 Å². The number of aliphatic hydroxyl groups excluding tert-OH is 1. The summed E-state index contributed by atoms with van der Waals surface area (Å²) in [5.74, 6) is 0.222. The number of unbranched alkanes of at least 4 members (excludes halogenated alkanes) is 5. The maximum Gasteiger partial charge on any atom is 0.343 e. The molecule has 16 nitrogen and oxygen atoms in total. The third-order valence-corrected chi connectivity index (χ3v) is 18.7. The Morgan fingerprint density at radius 2 is 1.07 bits per heavy atom. The normalized spacial score (nSPS) is 14.2. The first-order valence-corrected chi connectivity index (χ1v) is 36.8. The molecule has 0 saturated carbocycles. The Kier molecular flexibility index (Phi) is 29.4. The van der Waals surface area contributed by atoms with Crippen LogP contribution in [0.5, 0.6) is 28.7 Å². The molecule has 0 aliphatic carbocycles. The van der Waals surface area contributed by atoms with Gasteiger partial charge in [-0.05, 0) is 145 Å². The first-order valence-electron chi connectivity index (χ1n) is 36.4. The highest BCUT2D eigenvalue weighted by atomic mass is 35.5. The molecule has 103 heavy (non-hydrogen) atoms. The highest BCUT2D eigenvalue weighted by molar-refractivity contribution is 6.31. The lowest BCUT2D eigenvalue weighted by atomic mass is 9.78. The highest BCUT2D eigenvalue weighted by Crippen LogP contribution is 2.43. The van der Waals surface area contributed by atoms with Gasteiger partial charge in [0.1, 0.15) is 52.1 Å². The minimum Gasteiger partial charge on any atom is -0.507 e. The minimum absolute atomic E-state index is 0.00269. The lowest BCUT2D eigenvalue weighted by molar-refractivity contribution is -0.151. The largest absolute Gasteiger partial charge is 0.507 e. The van der Waals surface area contributed by atoms with Gasteiger partial charge in [0.15, 0.2) is 5.78 Å². The molecule has 17 heteroatoms. The molecule has 564 valence electrons. The zero-order valence-corrected chi connectivity index (χ0v) is 67.1. The molecule has 7 aromatic rings. The Morgan fingerprint density at radius 3 is 1.60 bits per heavy atom. The predicted octanol–water partition coefficient (Wildman–Crippen LogP) is 20.0. The molecule has 1 aliphatic heterocycles. The third-order valence-electron chi connectivity index (χ3n) is 18.4. The van der Waals surface area contributed by atoms with Gasteiger partial charge in [0.2, 0.25) is 0 Å². The number of carbonyl (C=O) groups excluding carboxylic acids is 4. The van der Waals surface area contributed by atoms with E-state index in [2.05, 4.69) is 150 Å². The summed E-state index contributed by atoms with van der Waals surface area (Å²) in [5.41, 5.74) is 7.69. The Morgan fingerprint density at radius 1 is 0.544 bits per heavy atom. The van der Waals surface area contributed by atoms with E-state index in [4.69, 9.17) is 25.8 Å². The molecule has 0 unspecified atom stereocenters. The molecule has 1 saturated heterocycles. The van der Waals surface area contributed by atoms with Crippen LogP contribution in [-0.4, -0.2) is 108 Å². The maximum absolute atomic E-state index is 13.3. The lowest BCUT2D eigenvalue weighted by Gasteiger charge is -2.54. The van der Waals surface area contributed by atoms with E-state index in [9.17, 15) is 39.6 Å². The van der Waals surface area contributed by atoms with Crippen molar-refractivity contribution in [3.63, 3.8) is 0 Å². The smallest absolute Gasteiger partial charge is 0.343 e. The molecular formula is C86H121ClN4O12. The van der Waals surface area contributed by atoms with Gasteiger partial charge >= 0.3 is 17.9 Å². The fourth-order valence-corrected chi connectivity index (χ4v) is 12.8. The molecule has 1 aliphatic rings. The number of carbonyl (C=O) groups is 4. The van der Waals surface area contributed by atoms with E-state index < -0.39 is 17.9 Å². The summed E-state index contributed by atoms with van der Waals surface area (Å²) in [5, 5.41) is 51.6. The number of nitrogens with zero attached hydrogens (tertiary/aromatic N) is 4. The third kappa shape index (κ3) is 24.9. The van der Waals surface area contributed by atoms with Crippen LogP contribution in [0.15, 0.2) is 109 Å². The van der Waals surface area contributed by atoms with Crippen LogP contribution in [0.25, 0.3) is 16.7 Å². The summed E-state index contributed by atoms with van der Waals surface area (Å²) in [7, 11) is 1.29. The van der Waals surface area contributed by atoms with Gasteiger partial charge in [-0.15, -0.1) is 15.0 Å². The minimum atomic E-state index is -0.413. The van der Waals surface area contributed by atoms with Gasteiger partial charge in [-0.25, -0.2) is 4.79 Å². The molecule has 0 spiro atoms. The van der Waals surface area contributed by atoms with Crippen LogP contribution in [0, 0.1) is 0 Å². The predicted molar refractivity (Wildman–Crippen MR) is 416 cm³/mol. The number of esters is 3. The number of ether oxygens (including phenoxy) is 4. The molecule has 2 heterocycles. The highest BCUT2D eigenvalue weighted by Gasteiger charge is 2.45. The second-order valence-corrected chi connectivity index (χ2v) is 35.1. The molecule has 0 atom stereocenters. The number of hydrogen-bond donors (Lipinski definition) is 4. The monoisotopic (exact) mass is 1440 g/mol. The van der Waals surface area contributed by atoms with Crippen LogP contribution >= 0.6 is 11.6 Å². The van der Waals surface area contributed by atoms with Gasteiger partial charge in [-0.1, -0.05) is 224 Å². The number of aromatic hydroxyl groups is 3. The lowest BCUT2D eigenvalue weighted by Crippen LogP contribution is -2.62. The SMILES string of the molecule is CC(C)(C)c1cc(-n2nc3ccc(Cl)cc3n2)c(O)c(C(C)(C)C)c1.CC(C)(C)c1ccc(OC(=O)c2cc(C(C)(C)C)c(O)c(C(C)(C)C)c2)c(C(C)(C)C)c1.CCCCCCCCOc1ccc(C(=O)c2ccccc2)c(O)c1.COC(=O)CCC(=O)OCCN1C(C)(C)CC(O)CC1(C)C. The number of aromatic nitrogens is 3. The number of aliphatic hydroxyl groups is 1. The fraction of sp³-hybridized carbons (Fsp3) is 0.535. The van der Waals surface area contributed by atoms with Crippen molar-refractivity contribution in [2.45, 2.75) is 273 Å². The summed E-state index contributed by atoms with van der Waals surface area (Å²) in [6.07, 6.45) is 8.44. The summed E-state index contributed by atoms with van der Waals surface area (Å²) in [6, 6.07) is 32.9. The van der Waals surface area contributed by atoms with E-state index in [1.165, 1.54) is 49.2 Å². The van der Waals surface area contributed by atoms with Crippen molar-refractivity contribution in [3.05, 3.63) is 164 Å². The number of fused-ring (bicyclic) bond motifs is 1. The van der Waals surface area contributed by atoms with Crippen LogP contribution < -0.4 is 9.47 Å². The van der Waals surface area contributed by atoms with E-state index in [1.807, 2.05) is 84.0 Å². The van der Waals surface area contributed by atoms with Gasteiger partial charge in [0.05, 0.1) is 43.8 Å². The van der Waals surface area contributed by atoms with E-state index >= 15 is 0 Å². The van der Waals surface area contributed by atoms with Gasteiger partial charge in [-0.3, -0.25) is 19.3 Å². The van der Waals surface area contributed by atoms with Crippen LogP contribution in [-0.2, 0) is 51.6 Å². The van der Waals surface area contributed by atoms with Crippen molar-refractivity contribution in [1.82, 2.24) is 19.9 Å². The number of phenolic OH excluding ortho intramolecular Hbond substituents is 3. The molecular weight excluding hydrogens is 1320 g/mol. The topological polar surface area (TPSA) is 220 Å². The van der Waals surface area contributed by atoms with Crippen molar-refractivity contribution in [2.24, 2.45) is 0 Å². The number of hydrogen-bond acceptors (Lipinski definition) is 15. The first-order chi connectivity index (χ1) is 47.5. The van der Waals surface area contributed by atoms with Crippen LogP contribution in [0.3, 0.4) is 0 Å². The van der Waals surface area contributed by atoms with E-state index in [-0.39, 0.29) is 92.2 Å². The number of rotatable bonds is 19. The standard InChI is InChI=1S/C29H42O3.C21H26O3.C20H24ClN3O.C16H29NO5/c1-26(2,3)19-13-14-23(20(17-19)27(4,5)6)32-25(31)18-15-21(28(7,8)9)24(30)22(16-18)29(10,11)12;1-2-3-4-5-6-10-15-24-18-13-14-19(20(22)16-18)21(23)17-11-8-7-9-12-17;1-19(2,3)12-9-14(20(4,5)6)18(25)17(10-12)24-22-15-8-7-13(21)11-16(15)23-24;1-15(2)10-12(18)11-16(3,4)17(15)8-9-22-14(20)7-6-13(19)21-5/h13-17,30H,1-12H3;7-9,11-14,16,22H,2-6,10,15H2,1H3;7-11,25H,1-6H3;12,18H,6-11H2,1-5H3. The van der Waals surface area contributed by atoms with Gasteiger partial charge in [0.25, 0.3) is 0 Å². The number of ketones is 1. The Labute approximate surface area is 620 Å². The average molecular weight is 1440 g/mol. The molecule has 0 bridgehead atoms. The summed E-state index contributed by atoms with van der Waals surface area (Å²) in [6.45, 7) is 50.0. The molecule has 8 rings (SSSR count). The number of halogens is 1. The van der Waals surface area contributed by atoms with Crippen molar-refractivity contribution < 1.29 is 58.6 Å². The van der Waals surface area contributed by atoms with Crippen molar-refractivity contribution in [2.75, 3.05) is 26.9 Å². The maximum atomic E-state index is 13.3. The molecule has 0 radical (unpaired) electrons. The van der Waals surface area contributed by atoms with E-state index in [1.54, 1.807) is 48.5 Å². The Hall–Kier alpha value is -7.79. The number of piperidine rings is 1.